The van der Waals surface area contributed by atoms with Crippen LogP contribution in [0.2, 0.25) is 0 Å². The van der Waals surface area contributed by atoms with Crippen molar-refractivity contribution in [3.8, 4) is 0 Å². The summed E-state index contributed by atoms with van der Waals surface area (Å²) in [5, 5.41) is 3.71. The predicted octanol–water partition coefficient (Wildman–Crippen LogP) is 4.21. The highest BCUT2D eigenvalue weighted by atomic mass is 127. The van der Waals surface area contributed by atoms with E-state index < -0.39 is 0 Å². The van der Waals surface area contributed by atoms with Gasteiger partial charge in [-0.2, -0.15) is 0 Å². The molecule has 1 aromatic rings. The van der Waals surface area contributed by atoms with Gasteiger partial charge in [-0.15, -0.1) is 0 Å². The van der Waals surface area contributed by atoms with Crippen LogP contribution in [0, 0.1) is 15.4 Å². The van der Waals surface area contributed by atoms with Crippen LogP contribution in [-0.2, 0) is 6.54 Å². The minimum atomic E-state index is 0.723. The Morgan fingerprint density at radius 2 is 1.82 bits per heavy atom. The van der Waals surface area contributed by atoms with Crippen molar-refractivity contribution < 1.29 is 0 Å². The summed E-state index contributed by atoms with van der Waals surface area (Å²) >= 11 is 2.35. The monoisotopic (exact) mass is 343 g/mol. The molecule has 3 unspecified atom stereocenters. The molecule has 94 valence electrons. The minimum Gasteiger partial charge on any atom is -0.310 e. The van der Waals surface area contributed by atoms with Gasteiger partial charge in [0, 0.05) is 16.2 Å². The van der Waals surface area contributed by atoms with E-state index >= 15 is 0 Å². The molecule has 0 aliphatic heterocycles. The zero-order chi connectivity index (χ0) is 12.3. The van der Waals surface area contributed by atoms with E-state index in [1.165, 1.54) is 28.4 Å². The van der Waals surface area contributed by atoms with Crippen LogP contribution >= 0.6 is 22.6 Å². The van der Waals surface area contributed by atoms with Gasteiger partial charge in [-0.1, -0.05) is 26.0 Å². The highest BCUT2D eigenvalue weighted by Gasteiger charge is 2.23. The second kappa shape index (κ2) is 6.19. The first-order valence-electron chi connectivity index (χ1n) is 6.63. The summed E-state index contributed by atoms with van der Waals surface area (Å²) in [6.45, 7) is 5.80. The summed E-state index contributed by atoms with van der Waals surface area (Å²) < 4.78 is 1.31. The lowest BCUT2D eigenvalue weighted by molar-refractivity contribution is 0.225. The van der Waals surface area contributed by atoms with Crippen molar-refractivity contribution in [2.24, 2.45) is 11.8 Å². The van der Waals surface area contributed by atoms with Crippen molar-refractivity contribution in [1.82, 2.24) is 5.32 Å². The van der Waals surface area contributed by atoms with Crippen molar-refractivity contribution >= 4 is 22.6 Å². The Labute approximate surface area is 119 Å². The third-order valence-electron chi connectivity index (χ3n) is 4.11. The zero-order valence-electron chi connectivity index (χ0n) is 10.7. The summed E-state index contributed by atoms with van der Waals surface area (Å²) in [6.07, 6.45) is 4.06. The van der Waals surface area contributed by atoms with Crippen LogP contribution in [0.5, 0.6) is 0 Å². The van der Waals surface area contributed by atoms with E-state index in [4.69, 9.17) is 0 Å². The maximum atomic E-state index is 3.71. The van der Waals surface area contributed by atoms with Gasteiger partial charge in [-0.25, -0.2) is 0 Å². The van der Waals surface area contributed by atoms with Crippen LogP contribution < -0.4 is 5.32 Å². The van der Waals surface area contributed by atoms with Crippen molar-refractivity contribution in [2.45, 2.75) is 45.7 Å². The predicted molar refractivity (Wildman–Crippen MR) is 82.0 cm³/mol. The normalized spacial score (nSPS) is 29.2. The second-order valence-electron chi connectivity index (χ2n) is 5.47. The Balaban J connectivity index is 1.80. The smallest absolute Gasteiger partial charge is 0.0208 e. The summed E-state index contributed by atoms with van der Waals surface area (Å²) in [5.74, 6) is 1.78. The van der Waals surface area contributed by atoms with E-state index in [9.17, 15) is 0 Å². The molecule has 1 aliphatic rings. The number of rotatable bonds is 3. The molecule has 1 fully saturated rings. The second-order valence-corrected chi connectivity index (χ2v) is 6.72. The van der Waals surface area contributed by atoms with Crippen molar-refractivity contribution in [3.63, 3.8) is 0 Å². The first-order chi connectivity index (χ1) is 8.15. The Kier molecular flexibility index (Phi) is 4.86. The van der Waals surface area contributed by atoms with Gasteiger partial charge in [0.2, 0.25) is 0 Å². The Bertz CT molecular complexity index is 346. The highest BCUT2D eigenvalue weighted by molar-refractivity contribution is 14.1. The van der Waals surface area contributed by atoms with Crippen molar-refractivity contribution in [1.29, 1.82) is 0 Å². The molecule has 0 amide bonds. The van der Waals surface area contributed by atoms with Crippen LogP contribution in [0.1, 0.15) is 38.7 Å². The summed E-state index contributed by atoms with van der Waals surface area (Å²) in [6, 6.07) is 9.54. The highest BCUT2D eigenvalue weighted by Crippen LogP contribution is 2.29. The molecule has 0 saturated heterocycles. The van der Waals surface area contributed by atoms with Gasteiger partial charge in [0.15, 0.2) is 0 Å². The molecular formula is C15H22IN. The fourth-order valence-corrected chi connectivity index (χ4v) is 2.96. The fourth-order valence-electron chi connectivity index (χ4n) is 2.60. The molecule has 0 bridgehead atoms. The van der Waals surface area contributed by atoms with Gasteiger partial charge in [0.25, 0.3) is 0 Å². The van der Waals surface area contributed by atoms with Gasteiger partial charge < -0.3 is 5.32 Å². The number of halogens is 1. The van der Waals surface area contributed by atoms with Gasteiger partial charge >= 0.3 is 0 Å². The maximum Gasteiger partial charge on any atom is 0.0208 e. The SMILES string of the molecule is CC1CCC(NCc2ccc(I)cc2)CC1C. The van der Waals surface area contributed by atoms with Crippen LogP contribution in [0.25, 0.3) is 0 Å². The largest absolute Gasteiger partial charge is 0.310 e. The molecule has 0 radical (unpaired) electrons. The molecule has 1 nitrogen and oxygen atoms in total. The molecule has 0 spiro atoms. The lowest BCUT2D eigenvalue weighted by atomic mass is 9.79. The molecule has 0 aromatic heterocycles. The van der Waals surface area contributed by atoms with E-state index in [-0.39, 0.29) is 0 Å². The van der Waals surface area contributed by atoms with E-state index in [1.807, 2.05) is 0 Å². The van der Waals surface area contributed by atoms with Crippen LogP contribution in [0.4, 0.5) is 0 Å². The molecule has 1 aliphatic carbocycles. The maximum absolute atomic E-state index is 3.71. The van der Waals surface area contributed by atoms with E-state index in [0.29, 0.717) is 0 Å². The molecule has 3 atom stereocenters. The summed E-state index contributed by atoms with van der Waals surface area (Å²) in [4.78, 5) is 0. The lowest BCUT2D eigenvalue weighted by Gasteiger charge is -2.32. The third-order valence-corrected chi connectivity index (χ3v) is 4.83. The summed E-state index contributed by atoms with van der Waals surface area (Å²) in [7, 11) is 0. The number of nitrogens with one attached hydrogen (secondary N) is 1. The van der Waals surface area contributed by atoms with Gasteiger partial charge in [0.1, 0.15) is 0 Å². The van der Waals surface area contributed by atoms with Crippen LogP contribution in [0.3, 0.4) is 0 Å². The zero-order valence-corrected chi connectivity index (χ0v) is 12.9. The van der Waals surface area contributed by atoms with Crippen molar-refractivity contribution in [3.05, 3.63) is 33.4 Å². The molecule has 1 saturated carbocycles. The summed E-state index contributed by atoms with van der Waals surface area (Å²) in [5.41, 5.74) is 1.40. The Morgan fingerprint density at radius 3 is 2.47 bits per heavy atom. The molecule has 17 heavy (non-hydrogen) atoms. The molecule has 1 aromatic carbocycles. The number of benzene rings is 1. The Hall–Kier alpha value is -0.0900. The number of hydrogen-bond donors (Lipinski definition) is 1. The molecule has 0 heterocycles. The quantitative estimate of drug-likeness (QED) is 0.811. The Morgan fingerprint density at radius 1 is 1.12 bits per heavy atom. The van der Waals surface area contributed by atoms with Crippen LogP contribution in [0.15, 0.2) is 24.3 Å². The van der Waals surface area contributed by atoms with E-state index in [1.54, 1.807) is 0 Å². The topological polar surface area (TPSA) is 12.0 Å². The van der Waals surface area contributed by atoms with Crippen LogP contribution in [-0.4, -0.2) is 6.04 Å². The lowest BCUT2D eigenvalue weighted by Crippen LogP contribution is -2.35. The molecule has 2 rings (SSSR count). The molecule has 1 N–H and O–H groups in total. The molecular weight excluding hydrogens is 321 g/mol. The first-order valence-corrected chi connectivity index (χ1v) is 7.71. The van der Waals surface area contributed by atoms with Crippen molar-refractivity contribution in [2.75, 3.05) is 0 Å². The first kappa shape index (κ1) is 13.3. The van der Waals surface area contributed by atoms with E-state index in [0.717, 1.165) is 24.4 Å². The van der Waals surface area contributed by atoms with Gasteiger partial charge in [-0.05, 0) is 71.4 Å². The molecule has 2 heteroatoms. The van der Waals surface area contributed by atoms with E-state index in [2.05, 4.69) is 66.0 Å². The number of hydrogen-bond acceptors (Lipinski definition) is 1. The third kappa shape index (κ3) is 3.95. The van der Waals surface area contributed by atoms with Gasteiger partial charge in [-0.3, -0.25) is 0 Å². The minimum absolute atomic E-state index is 0.723. The average molecular weight is 343 g/mol. The standard InChI is InChI=1S/C15H22IN/c1-11-3-8-15(9-12(11)2)17-10-13-4-6-14(16)7-5-13/h4-7,11-12,15,17H,3,8-10H2,1-2H3. The fraction of sp³-hybridized carbons (Fsp3) is 0.600. The van der Waals surface area contributed by atoms with Gasteiger partial charge in [0.05, 0.1) is 0 Å². The average Bonchev–Trinajstić information content (AvgIpc) is 2.33.